The highest BCUT2D eigenvalue weighted by molar-refractivity contribution is 5.97. The van der Waals surface area contributed by atoms with Gasteiger partial charge in [0.05, 0.1) is 17.4 Å². The SMILES string of the molecule is CCc1cccc(Oc2ccc(NC(=O)C(C)(C)N)cn2)c1. The lowest BCUT2D eigenvalue weighted by Crippen LogP contribution is -2.45. The van der Waals surface area contributed by atoms with E-state index < -0.39 is 5.54 Å². The summed E-state index contributed by atoms with van der Waals surface area (Å²) in [6.07, 6.45) is 2.49. The Kier molecular flexibility index (Phi) is 4.78. The van der Waals surface area contributed by atoms with Gasteiger partial charge in [0.1, 0.15) is 5.75 Å². The Morgan fingerprint density at radius 1 is 1.32 bits per heavy atom. The number of benzene rings is 1. The van der Waals surface area contributed by atoms with Crippen LogP contribution in [0.4, 0.5) is 5.69 Å². The average Bonchev–Trinajstić information content (AvgIpc) is 2.48. The van der Waals surface area contributed by atoms with E-state index in [0.717, 1.165) is 12.2 Å². The summed E-state index contributed by atoms with van der Waals surface area (Å²) >= 11 is 0. The second-order valence-corrected chi connectivity index (χ2v) is 5.66. The van der Waals surface area contributed by atoms with Gasteiger partial charge in [-0.25, -0.2) is 4.98 Å². The van der Waals surface area contributed by atoms with E-state index in [1.165, 1.54) is 5.56 Å². The molecule has 0 fully saturated rings. The molecule has 0 radical (unpaired) electrons. The zero-order valence-electron chi connectivity index (χ0n) is 13.1. The molecule has 0 bridgehead atoms. The van der Waals surface area contributed by atoms with Crippen LogP contribution in [0.2, 0.25) is 0 Å². The maximum absolute atomic E-state index is 11.8. The van der Waals surface area contributed by atoms with Gasteiger partial charge in [-0.15, -0.1) is 0 Å². The monoisotopic (exact) mass is 299 g/mol. The molecule has 3 N–H and O–H groups in total. The number of aromatic nitrogens is 1. The highest BCUT2D eigenvalue weighted by Crippen LogP contribution is 2.22. The number of rotatable bonds is 5. The quantitative estimate of drug-likeness (QED) is 0.889. The average molecular weight is 299 g/mol. The van der Waals surface area contributed by atoms with Crippen molar-refractivity contribution in [1.82, 2.24) is 4.98 Å². The van der Waals surface area contributed by atoms with Crippen molar-refractivity contribution in [2.45, 2.75) is 32.7 Å². The number of hydrogen-bond donors (Lipinski definition) is 2. The molecule has 0 saturated carbocycles. The van der Waals surface area contributed by atoms with Gasteiger partial charge in [0.15, 0.2) is 0 Å². The molecular formula is C17H21N3O2. The Hall–Kier alpha value is -2.40. The fourth-order valence-electron chi connectivity index (χ4n) is 1.76. The third-order valence-electron chi connectivity index (χ3n) is 3.11. The highest BCUT2D eigenvalue weighted by atomic mass is 16.5. The second kappa shape index (κ2) is 6.58. The van der Waals surface area contributed by atoms with Crippen LogP contribution in [0.25, 0.3) is 0 Å². The first-order valence-electron chi connectivity index (χ1n) is 7.21. The number of pyridine rings is 1. The molecule has 1 amide bonds. The van der Waals surface area contributed by atoms with Crippen LogP contribution in [0.5, 0.6) is 11.6 Å². The predicted octanol–water partition coefficient (Wildman–Crippen LogP) is 3.11. The molecule has 116 valence electrons. The largest absolute Gasteiger partial charge is 0.439 e. The molecule has 5 heteroatoms. The third kappa shape index (κ3) is 4.30. The standard InChI is InChI=1S/C17H21N3O2/c1-4-12-6-5-7-14(10-12)22-15-9-8-13(11-19-15)20-16(21)17(2,3)18/h5-11H,4,18H2,1-3H3,(H,20,21). The van der Waals surface area contributed by atoms with Gasteiger partial charge in [-0.2, -0.15) is 0 Å². The Morgan fingerprint density at radius 2 is 2.09 bits per heavy atom. The number of anilines is 1. The fraction of sp³-hybridized carbons (Fsp3) is 0.294. The molecule has 22 heavy (non-hydrogen) atoms. The number of nitrogens with two attached hydrogens (primary N) is 1. The first-order chi connectivity index (χ1) is 10.4. The summed E-state index contributed by atoms with van der Waals surface area (Å²) in [5, 5.41) is 2.71. The molecule has 0 aliphatic heterocycles. The minimum absolute atomic E-state index is 0.265. The second-order valence-electron chi connectivity index (χ2n) is 5.66. The molecule has 0 atom stereocenters. The van der Waals surface area contributed by atoms with Gasteiger partial charge < -0.3 is 15.8 Å². The van der Waals surface area contributed by atoms with Crippen molar-refractivity contribution in [3.05, 3.63) is 48.2 Å². The molecule has 0 aliphatic carbocycles. The summed E-state index contributed by atoms with van der Waals surface area (Å²) in [6.45, 7) is 5.38. The van der Waals surface area contributed by atoms with Gasteiger partial charge in [-0.1, -0.05) is 19.1 Å². The van der Waals surface area contributed by atoms with Gasteiger partial charge in [-0.3, -0.25) is 4.79 Å². The first kappa shape index (κ1) is 16.0. The molecule has 1 aromatic carbocycles. The number of nitrogens with zero attached hydrogens (tertiary/aromatic N) is 1. The van der Waals surface area contributed by atoms with Crippen molar-refractivity contribution in [2.24, 2.45) is 5.73 Å². The van der Waals surface area contributed by atoms with Crippen LogP contribution in [0, 0.1) is 0 Å². The molecule has 1 aromatic heterocycles. The van der Waals surface area contributed by atoms with Gasteiger partial charge >= 0.3 is 0 Å². The molecule has 2 aromatic rings. The molecule has 0 spiro atoms. The van der Waals surface area contributed by atoms with Crippen LogP contribution in [-0.4, -0.2) is 16.4 Å². The zero-order valence-corrected chi connectivity index (χ0v) is 13.1. The van der Waals surface area contributed by atoms with Crippen LogP contribution in [0.3, 0.4) is 0 Å². The fourth-order valence-corrected chi connectivity index (χ4v) is 1.76. The van der Waals surface area contributed by atoms with E-state index in [0.29, 0.717) is 11.6 Å². The summed E-state index contributed by atoms with van der Waals surface area (Å²) in [5.74, 6) is 0.948. The van der Waals surface area contributed by atoms with Gasteiger partial charge in [0.2, 0.25) is 11.8 Å². The Labute approximate surface area is 130 Å². The summed E-state index contributed by atoms with van der Waals surface area (Å²) in [4.78, 5) is 16.0. The number of carbonyl (C=O) groups is 1. The molecule has 0 unspecified atom stereocenters. The number of nitrogens with one attached hydrogen (secondary N) is 1. The van der Waals surface area contributed by atoms with Crippen LogP contribution in [0.1, 0.15) is 26.3 Å². The smallest absolute Gasteiger partial charge is 0.243 e. The number of ether oxygens (including phenoxy) is 1. The zero-order chi connectivity index (χ0) is 16.2. The minimum atomic E-state index is -0.935. The lowest BCUT2D eigenvalue weighted by molar-refractivity contribution is -0.120. The number of hydrogen-bond acceptors (Lipinski definition) is 4. The van der Waals surface area contributed by atoms with E-state index in [1.807, 2.05) is 24.3 Å². The minimum Gasteiger partial charge on any atom is -0.439 e. The molecular weight excluding hydrogens is 278 g/mol. The molecule has 5 nitrogen and oxygen atoms in total. The van der Waals surface area contributed by atoms with Crippen molar-refractivity contribution in [3.8, 4) is 11.6 Å². The maximum Gasteiger partial charge on any atom is 0.243 e. The number of amides is 1. The summed E-state index contributed by atoms with van der Waals surface area (Å²) in [7, 11) is 0. The Bertz CT molecular complexity index is 646. The van der Waals surface area contributed by atoms with Crippen molar-refractivity contribution in [3.63, 3.8) is 0 Å². The maximum atomic E-state index is 11.8. The van der Waals surface area contributed by atoms with Crippen LogP contribution < -0.4 is 15.8 Å². The predicted molar refractivity (Wildman–Crippen MR) is 87.0 cm³/mol. The van der Waals surface area contributed by atoms with E-state index in [4.69, 9.17) is 10.5 Å². The van der Waals surface area contributed by atoms with Gasteiger partial charge in [0, 0.05) is 6.07 Å². The molecule has 0 aliphatic rings. The lowest BCUT2D eigenvalue weighted by atomic mass is 10.1. The van der Waals surface area contributed by atoms with Gasteiger partial charge in [0.25, 0.3) is 0 Å². The third-order valence-corrected chi connectivity index (χ3v) is 3.11. The van der Waals surface area contributed by atoms with Crippen molar-refractivity contribution < 1.29 is 9.53 Å². The van der Waals surface area contributed by atoms with Crippen molar-refractivity contribution in [1.29, 1.82) is 0 Å². The topological polar surface area (TPSA) is 77.2 Å². The number of aryl methyl sites for hydroxylation is 1. The van der Waals surface area contributed by atoms with Crippen LogP contribution in [0.15, 0.2) is 42.6 Å². The molecule has 0 saturated heterocycles. The first-order valence-corrected chi connectivity index (χ1v) is 7.21. The summed E-state index contributed by atoms with van der Waals surface area (Å²) in [6, 6.07) is 11.3. The Balaban J connectivity index is 2.04. The normalized spacial score (nSPS) is 11.1. The van der Waals surface area contributed by atoms with E-state index in [-0.39, 0.29) is 5.91 Å². The summed E-state index contributed by atoms with van der Waals surface area (Å²) < 4.78 is 5.70. The lowest BCUT2D eigenvalue weighted by Gasteiger charge is -2.17. The van der Waals surface area contributed by atoms with Crippen molar-refractivity contribution >= 4 is 11.6 Å². The van der Waals surface area contributed by atoms with Crippen LogP contribution >= 0.6 is 0 Å². The molecule has 1 heterocycles. The van der Waals surface area contributed by atoms with Crippen LogP contribution in [-0.2, 0) is 11.2 Å². The Morgan fingerprint density at radius 3 is 2.68 bits per heavy atom. The molecule has 2 rings (SSSR count). The van der Waals surface area contributed by atoms with E-state index in [9.17, 15) is 4.79 Å². The van der Waals surface area contributed by atoms with E-state index >= 15 is 0 Å². The summed E-state index contributed by atoms with van der Waals surface area (Å²) in [5.41, 5.74) is 6.58. The van der Waals surface area contributed by atoms with E-state index in [1.54, 1.807) is 32.2 Å². The van der Waals surface area contributed by atoms with Crippen molar-refractivity contribution in [2.75, 3.05) is 5.32 Å². The van der Waals surface area contributed by atoms with Gasteiger partial charge in [-0.05, 0) is 44.0 Å². The number of carbonyl (C=O) groups excluding carboxylic acids is 1. The van der Waals surface area contributed by atoms with E-state index in [2.05, 4.69) is 17.2 Å². The highest BCUT2D eigenvalue weighted by Gasteiger charge is 2.21.